The van der Waals surface area contributed by atoms with Crippen LogP contribution >= 0.6 is 11.3 Å². The Bertz CT molecular complexity index is 1970. The van der Waals surface area contributed by atoms with Gasteiger partial charge in [0.1, 0.15) is 25.0 Å². The summed E-state index contributed by atoms with van der Waals surface area (Å²) >= 11 is 1.26. The molecule has 3 aromatic carbocycles. The first-order valence-corrected chi connectivity index (χ1v) is 16.3. The molecule has 2 heterocycles. The van der Waals surface area contributed by atoms with Crippen molar-refractivity contribution in [3.8, 4) is 17.2 Å². The lowest BCUT2D eigenvalue weighted by Crippen LogP contribution is -2.40. The lowest BCUT2D eigenvalue weighted by atomic mass is 9.94. The summed E-state index contributed by atoms with van der Waals surface area (Å²) in [6, 6.07) is 16.5. The number of nitrogens with zero attached hydrogens (tertiary/aromatic N) is 2. The maximum Gasteiger partial charge on any atom is 0.338 e. The van der Waals surface area contributed by atoms with Crippen LogP contribution < -0.4 is 29.1 Å². The lowest BCUT2D eigenvalue weighted by molar-refractivity contribution is -0.140. The molecule has 0 saturated heterocycles. The third kappa shape index (κ3) is 7.18. The standard InChI is InChI=1S/C37H40N2O7S/c1-8-44-34-28(10-9-11-30(34)43-7)33-32(36(41)45-17-16-42-6)25(5)38-37-39(33)35(40)31(47-37)20-26-12-14-27(15-13-26)46-21-29-23(3)18-22(2)19-24(29)4/h9-15,18-20,33H,8,16-17,21H2,1-7H3/b31-20+/t33-/m1/s1. The molecule has 246 valence electrons. The van der Waals surface area contributed by atoms with Gasteiger partial charge in [-0.3, -0.25) is 9.36 Å². The van der Waals surface area contributed by atoms with Crippen molar-refractivity contribution in [2.45, 2.75) is 47.3 Å². The number of benzene rings is 3. The van der Waals surface area contributed by atoms with Crippen LogP contribution in [0.5, 0.6) is 17.2 Å². The van der Waals surface area contributed by atoms with E-state index in [1.54, 1.807) is 26.2 Å². The van der Waals surface area contributed by atoms with Crippen LogP contribution in [-0.4, -0.2) is 44.6 Å². The summed E-state index contributed by atoms with van der Waals surface area (Å²) in [7, 11) is 3.08. The summed E-state index contributed by atoms with van der Waals surface area (Å²) in [5, 5.41) is 0. The van der Waals surface area contributed by atoms with Crippen molar-refractivity contribution < 1.29 is 28.5 Å². The molecule has 4 aromatic rings. The molecule has 1 aliphatic heterocycles. The number of hydrogen-bond acceptors (Lipinski definition) is 9. The first kappa shape index (κ1) is 33.7. The number of allylic oxidation sites excluding steroid dienone is 1. The molecule has 10 heteroatoms. The van der Waals surface area contributed by atoms with Gasteiger partial charge in [-0.15, -0.1) is 0 Å². The average molecular weight is 657 g/mol. The van der Waals surface area contributed by atoms with E-state index in [2.05, 4.69) is 32.9 Å². The largest absolute Gasteiger partial charge is 0.493 e. The van der Waals surface area contributed by atoms with Crippen LogP contribution in [0.1, 0.15) is 53.3 Å². The highest BCUT2D eigenvalue weighted by atomic mass is 32.1. The number of carbonyl (C=O) groups excluding carboxylic acids is 1. The van der Waals surface area contributed by atoms with Crippen LogP contribution in [0.25, 0.3) is 6.08 Å². The molecule has 1 aliphatic rings. The second-order valence-corrected chi connectivity index (χ2v) is 12.3. The van der Waals surface area contributed by atoms with Crippen LogP contribution in [0.15, 0.2) is 75.7 Å². The highest BCUT2D eigenvalue weighted by Gasteiger charge is 2.36. The van der Waals surface area contributed by atoms with Gasteiger partial charge in [0.25, 0.3) is 5.56 Å². The number of ether oxygens (including phenoxy) is 5. The normalized spacial score (nSPS) is 14.4. The zero-order valence-corrected chi connectivity index (χ0v) is 28.7. The van der Waals surface area contributed by atoms with Gasteiger partial charge in [-0.05, 0) is 81.1 Å². The number of para-hydroxylation sites is 1. The van der Waals surface area contributed by atoms with Crippen LogP contribution in [0, 0.1) is 20.8 Å². The molecule has 1 atom stereocenters. The van der Waals surface area contributed by atoms with Gasteiger partial charge in [0, 0.05) is 12.7 Å². The van der Waals surface area contributed by atoms with Gasteiger partial charge in [0.05, 0.1) is 36.1 Å². The van der Waals surface area contributed by atoms with Gasteiger partial charge in [-0.1, -0.05) is 53.3 Å². The number of rotatable bonds is 12. The smallest absolute Gasteiger partial charge is 0.338 e. The Labute approximate surface area is 278 Å². The van der Waals surface area contributed by atoms with Gasteiger partial charge in [-0.25, -0.2) is 9.79 Å². The fourth-order valence-electron chi connectivity index (χ4n) is 5.78. The zero-order chi connectivity index (χ0) is 33.7. The number of aromatic nitrogens is 1. The van der Waals surface area contributed by atoms with E-state index in [1.807, 2.05) is 43.3 Å². The van der Waals surface area contributed by atoms with E-state index >= 15 is 0 Å². The van der Waals surface area contributed by atoms with E-state index < -0.39 is 12.0 Å². The molecule has 0 spiro atoms. The minimum Gasteiger partial charge on any atom is -0.493 e. The maximum absolute atomic E-state index is 14.2. The first-order valence-electron chi connectivity index (χ1n) is 15.4. The van der Waals surface area contributed by atoms with Crippen molar-refractivity contribution in [3.63, 3.8) is 0 Å². The van der Waals surface area contributed by atoms with E-state index in [0.717, 1.165) is 11.3 Å². The summed E-state index contributed by atoms with van der Waals surface area (Å²) in [6.45, 7) is 11.0. The van der Waals surface area contributed by atoms with Crippen LogP contribution in [0.4, 0.5) is 0 Å². The molecule has 0 bridgehead atoms. The number of methoxy groups -OCH3 is 2. The number of carbonyl (C=O) groups is 1. The number of thiazole rings is 1. The SMILES string of the molecule is CCOc1c(OC)cccc1[C@@H]1C(C(=O)OCCOC)=C(C)N=c2s/c(=C/c3ccc(OCc4c(C)cc(C)cc4C)cc3)c(=O)n21. The second kappa shape index (κ2) is 14.8. The predicted octanol–water partition coefficient (Wildman–Crippen LogP) is 5.34. The Hall–Kier alpha value is -4.67. The highest BCUT2D eigenvalue weighted by molar-refractivity contribution is 7.07. The van der Waals surface area contributed by atoms with Crippen LogP contribution in [-0.2, 0) is 20.9 Å². The molecule has 0 saturated carbocycles. The summed E-state index contributed by atoms with van der Waals surface area (Å²) < 4.78 is 30.4. The van der Waals surface area contributed by atoms with Crippen molar-refractivity contribution >= 4 is 23.4 Å². The predicted molar refractivity (Wildman–Crippen MR) is 182 cm³/mol. The molecule has 0 unspecified atom stereocenters. The molecule has 0 N–H and O–H groups in total. The number of fused-ring (bicyclic) bond motifs is 1. The molecule has 0 fully saturated rings. The maximum atomic E-state index is 14.2. The monoisotopic (exact) mass is 656 g/mol. The summed E-state index contributed by atoms with van der Waals surface area (Å²) in [4.78, 5) is 32.9. The van der Waals surface area contributed by atoms with Crippen molar-refractivity contribution in [3.05, 3.63) is 119 Å². The second-order valence-electron chi connectivity index (χ2n) is 11.3. The third-order valence-corrected chi connectivity index (χ3v) is 8.96. The molecule has 9 nitrogen and oxygen atoms in total. The summed E-state index contributed by atoms with van der Waals surface area (Å²) in [5.74, 6) is 1.08. The van der Waals surface area contributed by atoms with Gasteiger partial charge in [0.2, 0.25) is 0 Å². The van der Waals surface area contributed by atoms with E-state index in [0.29, 0.717) is 45.3 Å². The lowest BCUT2D eigenvalue weighted by Gasteiger charge is -2.27. The minimum absolute atomic E-state index is 0.0592. The van der Waals surface area contributed by atoms with Gasteiger partial charge in [0.15, 0.2) is 16.3 Å². The van der Waals surface area contributed by atoms with Crippen LogP contribution in [0.3, 0.4) is 0 Å². The Morgan fingerprint density at radius 1 is 0.979 bits per heavy atom. The molecule has 0 amide bonds. The third-order valence-electron chi connectivity index (χ3n) is 7.98. The molecular formula is C37H40N2O7S. The quantitative estimate of drug-likeness (QED) is 0.150. The van der Waals surface area contributed by atoms with E-state index in [1.165, 1.54) is 45.3 Å². The molecule has 47 heavy (non-hydrogen) atoms. The summed E-state index contributed by atoms with van der Waals surface area (Å²) in [6.07, 6.45) is 1.82. The number of esters is 1. The average Bonchev–Trinajstić information content (AvgIpc) is 3.34. The van der Waals surface area contributed by atoms with Crippen molar-refractivity contribution in [2.75, 3.05) is 34.0 Å². The Balaban J connectivity index is 1.53. The van der Waals surface area contributed by atoms with Crippen molar-refractivity contribution in [1.29, 1.82) is 0 Å². The van der Waals surface area contributed by atoms with Crippen molar-refractivity contribution in [2.24, 2.45) is 4.99 Å². The Morgan fingerprint density at radius 2 is 1.70 bits per heavy atom. The fourth-order valence-corrected chi connectivity index (χ4v) is 6.83. The van der Waals surface area contributed by atoms with Gasteiger partial charge >= 0.3 is 5.97 Å². The molecule has 5 rings (SSSR count). The first-order chi connectivity index (χ1) is 22.7. The fraction of sp³-hybridized carbons (Fsp3) is 0.324. The molecule has 1 aromatic heterocycles. The Kier molecular flexibility index (Phi) is 10.6. The van der Waals surface area contributed by atoms with Crippen molar-refractivity contribution in [1.82, 2.24) is 4.57 Å². The molecule has 0 aliphatic carbocycles. The minimum atomic E-state index is -0.857. The van der Waals surface area contributed by atoms with E-state index in [-0.39, 0.29) is 24.3 Å². The highest BCUT2D eigenvalue weighted by Crippen LogP contribution is 2.40. The Morgan fingerprint density at radius 3 is 2.36 bits per heavy atom. The van der Waals surface area contributed by atoms with E-state index in [4.69, 9.17) is 28.7 Å². The number of aryl methyl sites for hydroxylation is 3. The van der Waals surface area contributed by atoms with Crippen LogP contribution in [0.2, 0.25) is 0 Å². The molecular weight excluding hydrogens is 616 g/mol. The topological polar surface area (TPSA) is 97.6 Å². The number of hydrogen-bond donors (Lipinski definition) is 0. The molecule has 0 radical (unpaired) electrons. The van der Waals surface area contributed by atoms with E-state index in [9.17, 15) is 9.59 Å². The van der Waals surface area contributed by atoms with Gasteiger partial charge < -0.3 is 23.7 Å². The van der Waals surface area contributed by atoms with Gasteiger partial charge in [-0.2, -0.15) is 0 Å². The summed E-state index contributed by atoms with van der Waals surface area (Å²) in [5.41, 5.74) is 6.65. The zero-order valence-electron chi connectivity index (χ0n) is 27.8.